The minimum absolute atomic E-state index is 0. The van der Waals surface area contributed by atoms with Crippen LogP contribution in [0, 0.1) is 0 Å². The highest BCUT2D eigenvalue weighted by atomic mass is 16.3. The largest absolute Gasteiger partial charge is 0.412 e. The Labute approximate surface area is 48.5 Å². The van der Waals surface area contributed by atoms with Crippen LogP contribution in [0.1, 0.15) is 13.8 Å². The molecule has 0 bridgehead atoms. The van der Waals surface area contributed by atoms with Gasteiger partial charge in [-0.1, -0.05) is 0 Å². The van der Waals surface area contributed by atoms with E-state index in [0.717, 1.165) is 0 Å². The Morgan fingerprint density at radius 3 is 1.38 bits per heavy atom. The molecule has 0 aliphatic heterocycles. The molecular weight excluding hydrogens is 110 g/mol. The molecule has 0 heterocycles. The Hall–Kier alpha value is -0.160. The zero-order chi connectivity index (χ0) is 5.86. The summed E-state index contributed by atoms with van der Waals surface area (Å²) in [5, 5.41) is 19.3. The van der Waals surface area contributed by atoms with Crippen LogP contribution in [-0.4, -0.2) is 28.1 Å². The van der Waals surface area contributed by atoms with Gasteiger partial charge in [0.15, 0.2) is 0 Å². The molecule has 8 heavy (non-hydrogen) atoms. The Morgan fingerprint density at radius 1 is 1.12 bits per heavy atom. The standard InChI is InChI=1S/C4H11NO2.H2O/c1-3(6)5-4(2)7;/h3-7H,1-2H3;1H2. The Morgan fingerprint density at radius 2 is 1.38 bits per heavy atom. The van der Waals surface area contributed by atoms with Crippen molar-refractivity contribution in [3.63, 3.8) is 0 Å². The van der Waals surface area contributed by atoms with Crippen LogP contribution in [0.5, 0.6) is 0 Å². The molecule has 0 aromatic carbocycles. The van der Waals surface area contributed by atoms with Gasteiger partial charge in [0, 0.05) is 0 Å². The van der Waals surface area contributed by atoms with E-state index in [-0.39, 0.29) is 5.48 Å². The molecule has 0 rings (SSSR count). The van der Waals surface area contributed by atoms with Gasteiger partial charge in [0.2, 0.25) is 0 Å². The molecule has 0 saturated carbocycles. The summed E-state index contributed by atoms with van der Waals surface area (Å²) in [6.45, 7) is 3.10. The fourth-order valence-electron chi connectivity index (χ4n) is 0.349. The van der Waals surface area contributed by atoms with Gasteiger partial charge >= 0.3 is 0 Å². The van der Waals surface area contributed by atoms with Gasteiger partial charge in [-0.25, -0.2) is 0 Å². The van der Waals surface area contributed by atoms with Crippen molar-refractivity contribution in [1.29, 1.82) is 0 Å². The number of rotatable bonds is 2. The molecule has 4 nitrogen and oxygen atoms in total. The zero-order valence-corrected chi connectivity index (χ0v) is 5.05. The second kappa shape index (κ2) is 4.99. The fourth-order valence-corrected chi connectivity index (χ4v) is 0.349. The molecule has 0 spiro atoms. The van der Waals surface area contributed by atoms with Gasteiger partial charge in [-0.2, -0.15) is 0 Å². The fraction of sp³-hybridized carbons (Fsp3) is 1.00. The van der Waals surface area contributed by atoms with E-state index in [9.17, 15) is 0 Å². The van der Waals surface area contributed by atoms with Crippen LogP contribution in [0.15, 0.2) is 0 Å². The summed E-state index contributed by atoms with van der Waals surface area (Å²) in [7, 11) is 0. The summed E-state index contributed by atoms with van der Waals surface area (Å²) in [5.74, 6) is 0. The number of aliphatic hydroxyl groups is 2. The molecule has 4 heteroatoms. The van der Waals surface area contributed by atoms with Crippen LogP contribution in [0.25, 0.3) is 0 Å². The maximum atomic E-state index is 8.45. The van der Waals surface area contributed by atoms with Crippen LogP contribution in [0.4, 0.5) is 0 Å². The second-order valence-electron chi connectivity index (χ2n) is 1.52. The smallest absolute Gasteiger partial charge is 0.103 e. The first kappa shape index (κ1) is 10.8. The summed E-state index contributed by atoms with van der Waals surface area (Å²) in [4.78, 5) is 0. The highest BCUT2D eigenvalue weighted by Crippen LogP contribution is 1.74. The minimum Gasteiger partial charge on any atom is -0.412 e. The lowest BCUT2D eigenvalue weighted by Crippen LogP contribution is -2.33. The maximum absolute atomic E-state index is 8.45. The minimum atomic E-state index is -0.625. The van der Waals surface area contributed by atoms with E-state index in [1.807, 2.05) is 0 Å². The van der Waals surface area contributed by atoms with Crippen molar-refractivity contribution in [2.45, 2.75) is 26.3 Å². The summed E-state index contributed by atoms with van der Waals surface area (Å²) in [5.41, 5.74) is 0. The number of nitrogens with one attached hydrogen (secondary N) is 1. The van der Waals surface area contributed by atoms with Gasteiger partial charge in [0.1, 0.15) is 12.5 Å². The van der Waals surface area contributed by atoms with Crippen molar-refractivity contribution in [2.75, 3.05) is 0 Å². The molecule has 2 unspecified atom stereocenters. The van der Waals surface area contributed by atoms with Crippen molar-refractivity contribution in [2.24, 2.45) is 0 Å². The van der Waals surface area contributed by atoms with Gasteiger partial charge in [-0.15, -0.1) is 0 Å². The van der Waals surface area contributed by atoms with Crippen molar-refractivity contribution >= 4 is 0 Å². The first-order valence-electron chi connectivity index (χ1n) is 2.25. The molecule has 5 N–H and O–H groups in total. The third kappa shape index (κ3) is 9.28. The first-order valence-corrected chi connectivity index (χ1v) is 2.25. The molecule has 0 aliphatic carbocycles. The topological polar surface area (TPSA) is 84.0 Å². The van der Waals surface area contributed by atoms with Gasteiger partial charge in [0.25, 0.3) is 0 Å². The predicted molar refractivity (Wildman–Crippen MR) is 30.1 cm³/mol. The van der Waals surface area contributed by atoms with E-state index in [1.54, 1.807) is 13.8 Å². The lowest BCUT2D eigenvalue weighted by Gasteiger charge is -2.08. The predicted octanol–water partition coefficient (Wildman–Crippen LogP) is -1.57. The summed E-state index contributed by atoms with van der Waals surface area (Å²) >= 11 is 0. The van der Waals surface area contributed by atoms with E-state index in [4.69, 9.17) is 10.2 Å². The molecule has 0 aliphatic rings. The van der Waals surface area contributed by atoms with Crippen molar-refractivity contribution in [3.8, 4) is 0 Å². The van der Waals surface area contributed by atoms with Crippen LogP contribution in [0.2, 0.25) is 0 Å². The maximum Gasteiger partial charge on any atom is 0.103 e. The average Bonchev–Trinajstić information content (AvgIpc) is 1.27. The molecule has 0 saturated heterocycles. The molecule has 0 aromatic rings. The third-order valence-electron chi connectivity index (χ3n) is 0.482. The molecular formula is C4H13NO3. The average molecular weight is 123 g/mol. The third-order valence-corrected chi connectivity index (χ3v) is 0.482. The first-order chi connectivity index (χ1) is 3.13. The van der Waals surface area contributed by atoms with Crippen molar-refractivity contribution in [3.05, 3.63) is 0 Å². The number of hydrogen-bond acceptors (Lipinski definition) is 3. The summed E-state index contributed by atoms with van der Waals surface area (Å²) < 4.78 is 0. The monoisotopic (exact) mass is 123 g/mol. The van der Waals surface area contributed by atoms with E-state index >= 15 is 0 Å². The Kier molecular flexibility index (Phi) is 6.70. The van der Waals surface area contributed by atoms with E-state index in [0.29, 0.717) is 0 Å². The molecule has 2 atom stereocenters. The summed E-state index contributed by atoms with van der Waals surface area (Å²) in [6, 6.07) is 0. The Bertz CT molecular complexity index is 40.5. The highest BCUT2D eigenvalue weighted by Gasteiger charge is 1.95. The van der Waals surface area contributed by atoms with Gasteiger partial charge in [-0.05, 0) is 13.8 Å². The quantitative estimate of drug-likeness (QED) is 0.388. The van der Waals surface area contributed by atoms with Gasteiger partial charge < -0.3 is 15.7 Å². The van der Waals surface area contributed by atoms with E-state index in [1.165, 1.54) is 0 Å². The lowest BCUT2D eigenvalue weighted by molar-refractivity contribution is 0.0632. The normalized spacial score (nSPS) is 16.5. The van der Waals surface area contributed by atoms with Gasteiger partial charge in [-0.3, -0.25) is 5.32 Å². The molecule has 0 aromatic heterocycles. The Balaban J connectivity index is 0. The summed E-state index contributed by atoms with van der Waals surface area (Å²) in [6.07, 6.45) is -1.25. The van der Waals surface area contributed by atoms with E-state index in [2.05, 4.69) is 5.32 Å². The zero-order valence-electron chi connectivity index (χ0n) is 5.05. The van der Waals surface area contributed by atoms with Crippen LogP contribution in [0.3, 0.4) is 0 Å². The molecule has 0 amide bonds. The van der Waals surface area contributed by atoms with E-state index < -0.39 is 12.5 Å². The van der Waals surface area contributed by atoms with Crippen LogP contribution < -0.4 is 5.32 Å². The van der Waals surface area contributed by atoms with Crippen molar-refractivity contribution in [1.82, 2.24) is 5.32 Å². The van der Waals surface area contributed by atoms with Crippen LogP contribution in [-0.2, 0) is 0 Å². The highest BCUT2D eigenvalue weighted by molar-refractivity contribution is 4.42. The lowest BCUT2D eigenvalue weighted by atomic mass is 10.6. The molecule has 0 fully saturated rings. The second-order valence-corrected chi connectivity index (χ2v) is 1.52. The van der Waals surface area contributed by atoms with Gasteiger partial charge in [0.05, 0.1) is 0 Å². The van der Waals surface area contributed by atoms with Crippen molar-refractivity contribution < 1.29 is 15.7 Å². The number of aliphatic hydroxyl groups excluding tert-OH is 2. The molecule has 52 valence electrons. The number of hydrogen-bond donors (Lipinski definition) is 3. The molecule has 0 radical (unpaired) electrons. The van der Waals surface area contributed by atoms with Crippen LogP contribution >= 0.6 is 0 Å². The SMILES string of the molecule is CC(O)NC(C)O.O.